The molecule has 0 spiro atoms. The number of halogens is 3. The van der Waals surface area contributed by atoms with E-state index in [-0.39, 0.29) is 0 Å². The van der Waals surface area contributed by atoms with Gasteiger partial charge in [0.25, 0.3) is 0 Å². The number of benzene rings is 1. The third-order valence-electron chi connectivity index (χ3n) is 2.19. The van der Waals surface area contributed by atoms with Crippen molar-refractivity contribution in [2.24, 2.45) is 0 Å². The minimum atomic E-state index is -4.68. The lowest BCUT2D eigenvalue weighted by atomic mass is 9.94. The fraction of sp³-hybridized carbons (Fsp3) is 0.300. The van der Waals surface area contributed by atoms with Gasteiger partial charge in [0.2, 0.25) is 0 Å². The van der Waals surface area contributed by atoms with E-state index in [1.54, 1.807) is 0 Å². The van der Waals surface area contributed by atoms with Crippen LogP contribution in [0.15, 0.2) is 18.2 Å². The Balaban J connectivity index is 3.41. The Bertz CT molecular complexity index is 412. The van der Waals surface area contributed by atoms with Gasteiger partial charge in [0, 0.05) is 5.56 Å². The lowest BCUT2D eigenvalue weighted by Crippen LogP contribution is -2.15. The van der Waals surface area contributed by atoms with E-state index >= 15 is 0 Å². The third-order valence-corrected chi connectivity index (χ3v) is 2.19. The number of alkyl halides is 3. The number of aliphatic carboxylic acids is 1. The van der Waals surface area contributed by atoms with Crippen LogP contribution in [0.1, 0.15) is 24.0 Å². The molecule has 6 heteroatoms. The van der Waals surface area contributed by atoms with Crippen molar-refractivity contribution in [3.8, 4) is 5.75 Å². The van der Waals surface area contributed by atoms with Crippen LogP contribution in [-0.2, 0) is 11.0 Å². The van der Waals surface area contributed by atoms with Crippen molar-refractivity contribution in [3.63, 3.8) is 0 Å². The molecule has 0 amide bonds. The molecule has 1 aromatic rings. The van der Waals surface area contributed by atoms with Gasteiger partial charge in [-0.25, -0.2) is 0 Å². The maximum Gasteiger partial charge on any atom is 0.416 e. The van der Waals surface area contributed by atoms with Crippen LogP contribution in [0.3, 0.4) is 0 Å². The highest BCUT2D eigenvalue weighted by atomic mass is 19.4. The molecular formula is C10H9F3O3. The van der Waals surface area contributed by atoms with Crippen LogP contribution in [0.25, 0.3) is 0 Å². The minimum Gasteiger partial charge on any atom is -0.508 e. The van der Waals surface area contributed by atoms with Crippen LogP contribution < -0.4 is 0 Å². The maximum absolute atomic E-state index is 12.5. The van der Waals surface area contributed by atoms with Crippen molar-refractivity contribution in [2.75, 3.05) is 0 Å². The summed E-state index contributed by atoms with van der Waals surface area (Å²) in [6, 6.07) is 2.80. The van der Waals surface area contributed by atoms with Crippen LogP contribution in [0.4, 0.5) is 13.2 Å². The monoisotopic (exact) mass is 234 g/mol. The Morgan fingerprint density at radius 2 is 1.94 bits per heavy atom. The first-order valence-corrected chi connectivity index (χ1v) is 4.37. The maximum atomic E-state index is 12.5. The Hall–Kier alpha value is -1.72. The molecule has 0 fully saturated rings. The zero-order valence-electron chi connectivity index (χ0n) is 8.25. The molecule has 1 rings (SSSR count). The highest BCUT2D eigenvalue weighted by molar-refractivity contribution is 5.77. The van der Waals surface area contributed by atoms with Gasteiger partial charge in [-0.15, -0.1) is 0 Å². The van der Waals surface area contributed by atoms with E-state index in [0.717, 1.165) is 25.1 Å². The number of rotatable bonds is 2. The first kappa shape index (κ1) is 12.4. The second-order valence-electron chi connectivity index (χ2n) is 3.30. The van der Waals surface area contributed by atoms with Gasteiger partial charge >= 0.3 is 12.1 Å². The van der Waals surface area contributed by atoms with E-state index in [1.807, 2.05) is 0 Å². The Morgan fingerprint density at radius 3 is 2.38 bits per heavy atom. The number of hydrogen-bond donors (Lipinski definition) is 2. The molecule has 1 aromatic carbocycles. The number of carboxylic acid groups (broad SMARTS) is 1. The predicted molar refractivity (Wildman–Crippen MR) is 49.2 cm³/mol. The minimum absolute atomic E-state index is 0.609. The molecular weight excluding hydrogens is 225 g/mol. The van der Waals surface area contributed by atoms with Gasteiger partial charge in [-0.2, -0.15) is 13.2 Å². The van der Waals surface area contributed by atoms with Crippen molar-refractivity contribution in [1.29, 1.82) is 0 Å². The molecule has 1 unspecified atom stereocenters. The molecule has 0 radical (unpaired) electrons. The van der Waals surface area contributed by atoms with Gasteiger partial charge < -0.3 is 10.2 Å². The molecule has 0 aliphatic heterocycles. The Kier molecular flexibility index (Phi) is 3.11. The van der Waals surface area contributed by atoms with Crippen LogP contribution in [0, 0.1) is 0 Å². The Labute approximate surface area is 89.1 Å². The highest BCUT2D eigenvalue weighted by Crippen LogP contribution is 2.39. The van der Waals surface area contributed by atoms with E-state index < -0.39 is 34.9 Å². The number of carbonyl (C=O) groups is 1. The van der Waals surface area contributed by atoms with E-state index in [1.165, 1.54) is 0 Å². The quantitative estimate of drug-likeness (QED) is 0.826. The van der Waals surface area contributed by atoms with E-state index in [2.05, 4.69) is 0 Å². The van der Waals surface area contributed by atoms with Crippen molar-refractivity contribution >= 4 is 5.97 Å². The van der Waals surface area contributed by atoms with Gasteiger partial charge in [-0.3, -0.25) is 4.79 Å². The van der Waals surface area contributed by atoms with Gasteiger partial charge in [-0.05, 0) is 19.1 Å². The summed E-state index contributed by atoms with van der Waals surface area (Å²) in [7, 11) is 0. The van der Waals surface area contributed by atoms with Crippen LogP contribution in [-0.4, -0.2) is 16.2 Å². The van der Waals surface area contributed by atoms with Crippen LogP contribution in [0.5, 0.6) is 5.75 Å². The van der Waals surface area contributed by atoms with Crippen LogP contribution in [0.2, 0.25) is 0 Å². The summed E-state index contributed by atoms with van der Waals surface area (Å²) in [5.74, 6) is -3.51. The summed E-state index contributed by atoms with van der Waals surface area (Å²) in [5, 5.41) is 18.0. The topological polar surface area (TPSA) is 57.5 Å². The van der Waals surface area contributed by atoms with Crippen LogP contribution >= 0.6 is 0 Å². The van der Waals surface area contributed by atoms with Gasteiger partial charge in [0.1, 0.15) is 5.75 Å². The average molecular weight is 234 g/mol. The summed E-state index contributed by atoms with van der Waals surface area (Å²) in [5.41, 5.74) is -1.73. The Morgan fingerprint density at radius 1 is 1.38 bits per heavy atom. The molecule has 3 nitrogen and oxygen atoms in total. The van der Waals surface area contributed by atoms with E-state index in [0.29, 0.717) is 0 Å². The fourth-order valence-electron chi connectivity index (χ4n) is 1.38. The predicted octanol–water partition coefficient (Wildman–Crippen LogP) is 2.60. The van der Waals surface area contributed by atoms with Crippen molar-refractivity contribution in [2.45, 2.75) is 19.0 Å². The third kappa shape index (κ3) is 2.26. The largest absolute Gasteiger partial charge is 0.508 e. The molecule has 0 saturated heterocycles. The van der Waals surface area contributed by atoms with E-state index in [9.17, 15) is 23.1 Å². The molecule has 1 atom stereocenters. The second kappa shape index (κ2) is 4.03. The standard InChI is InChI=1S/C10H9F3O3/c1-5(9(15)16)8-6(10(11,12)13)3-2-4-7(8)14/h2-5,14H,1H3,(H,15,16). The number of phenolic OH excluding ortho intramolecular Hbond substituents is 1. The van der Waals surface area contributed by atoms with Crippen molar-refractivity contribution < 1.29 is 28.2 Å². The molecule has 0 bridgehead atoms. The summed E-state index contributed by atoms with van der Waals surface area (Å²) in [6.07, 6.45) is -4.68. The van der Waals surface area contributed by atoms with Gasteiger partial charge in [-0.1, -0.05) is 6.07 Å². The zero-order chi connectivity index (χ0) is 12.5. The molecule has 88 valence electrons. The first-order valence-electron chi connectivity index (χ1n) is 4.37. The SMILES string of the molecule is CC(C(=O)O)c1c(O)cccc1C(F)(F)F. The van der Waals surface area contributed by atoms with Gasteiger partial charge in [0.15, 0.2) is 0 Å². The fourth-order valence-corrected chi connectivity index (χ4v) is 1.38. The lowest BCUT2D eigenvalue weighted by molar-refractivity contribution is -0.141. The first-order chi connectivity index (χ1) is 7.25. The molecule has 0 aliphatic carbocycles. The molecule has 0 aromatic heterocycles. The summed E-state index contributed by atoms with van der Waals surface area (Å²) in [4.78, 5) is 10.7. The lowest BCUT2D eigenvalue weighted by Gasteiger charge is -2.16. The summed E-state index contributed by atoms with van der Waals surface area (Å²) < 4.78 is 37.6. The van der Waals surface area contributed by atoms with Crippen molar-refractivity contribution in [3.05, 3.63) is 29.3 Å². The summed E-state index contributed by atoms with van der Waals surface area (Å²) in [6.45, 7) is 1.09. The number of aromatic hydroxyl groups is 1. The molecule has 0 heterocycles. The average Bonchev–Trinajstić information content (AvgIpc) is 2.14. The number of phenols is 1. The van der Waals surface area contributed by atoms with Gasteiger partial charge in [0.05, 0.1) is 11.5 Å². The number of hydrogen-bond acceptors (Lipinski definition) is 2. The summed E-state index contributed by atoms with van der Waals surface area (Å²) >= 11 is 0. The molecule has 0 aliphatic rings. The highest BCUT2D eigenvalue weighted by Gasteiger charge is 2.37. The zero-order valence-corrected chi connectivity index (χ0v) is 8.25. The molecule has 0 saturated carbocycles. The smallest absolute Gasteiger partial charge is 0.416 e. The van der Waals surface area contributed by atoms with Crippen molar-refractivity contribution in [1.82, 2.24) is 0 Å². The van der Waals surface area contributed by atoms with E-state index in [4.69, 9.17) is 5.11 Å². The normalized spacial score (nSPS) is 13.5. The molecule has 2 N–H and O–H groups in total. The number of carboxylic acids is 1. The molecule has 16 heavy (non-hydrogen) atoms. The second-order valence-corrected chi connectivity index (χ2v) is 3.30.